The van der Waals surface area contributed by atoms with Crippen molar-refractivity contribution in [2.45, 2.75) is 31.4 Å². The van der Waals surface area contributed by atoms with Gasteiger partial charge < -0.3 is 10.6 Å². The lowest BCUT2D eigenvalue weighted by atomic mass is 10.2. The second kappa shape index (κ2) is 6.71. The Bertz CT molecular complexity index is 565. The molecule has 2 rings (SSSR count). The molecular formula is C12H19BrN4O2S. The van der Waals surface area contributed by atoms with Gasteiger partial charge in [0.2, 0.25) is 5.95 Å². The number of anilines is 2. The van der Waals surface area contributed by atoms with E-state index in [4.69, 9.17) is 0 Å². The molecule has 1 aromatic heterocycles. The smallest absolute Gasteiger partial charge is 0.224 e. The van der Waals surface area contributed by atoms with Crippen LogP contribution in [0.5, 0.6) is 0 Å². The topological polar surface area (TPSA) is 84.0 Å². The van der Waals surface area contributed by atoms with Crippen LogP contribution in [-0.4, -0.2) is 42.5 Å². The van der Waals surface area contributed by atoms with Gasteiger partial charge in [-0.15, -0.1) is 0 Å². The second-order valence-electron chi connectivity index (χ2n) is 4.83. The fraction of sp³-hybridized carbons (Fsp3) is 0.667. The standard InChI is InChI=1S/C12H19BrN4O2S/c1-2-5-14-12-16-8-10(13)11(17-12)15-7-9-4-3-6-20(9,18)19/h8-9H,2-7H2,1H3,(H2,14,15,16,17). The molecule has 1 fully saturated rings. The van der Waals surface area contributed by atoms with E-state index in [0.29, 0.717) is 24.1 Å². The quantitative estimate of drug-likeness (QED) is 0.805. The van der Waals surface area contributed by atoms with E-state index in [2.05, 4.69) is 43.5 Å². The van der Waals surface area contributed by atoms with Gasteiger partial charge >= 0.3 is 0 Å². The number of halogens is 1. The van der Waals surface area contributed by atoms with Crippen molar-refractivity contribution >= 4 is 37.5 Å². The summed E-state index contributed by atoms with van der Waals surface area (Å²) >= 11 is 3.37. The van der Waals surface area contributed by atoms with Gasteiger partial charge in [-0.1, -0.05) is 6.92 Å². The maximum Gasteiger partial charge on any atom is 0.224 e. The molecular weight excluding hydrogens is 344 g/mol. The van der Waals surface area contributed by atoms with Gasteiger partial charge in [-0.25, -0.2) is 13.4 Å². The minimum Gasteiger partial charge on any atom is -0.368 e. The fourth-order valence-electron chi connectivity index (χ4n) is 2.11. The van der Waals surface area contributed by atoms with Crippen molar-refractivity contribution < 1.29 is 8.42 Å². The van der Waals surface area contributed by atoms with Crippen LogP contribution >= 0.6 is 15.9 Å². The van der Waals surface area contributed by atoms with Crippen LogP contribution in [0.25, 0.3) is 0 Å². The van der Waals surface area contributed by atoms with Gasteiger partial charge in [0.25, 0.3) is 0 Å². The lowest BCUT2D eigenvalue weighted by Gasteiger charge is -2.13. The zero-order valence-corrected chi connectivity index (χ0v) is 13.8. The molecule has 1 aromatic rings. The number of hydrogen-bond acceptors (Lipinski definition) is 6. The first-order valence-corrected chi connectivity index (χ1v) is 9.25. The van der Waals surface area contributed by atoms with Gasteiger partial charge in [0.05, 0.1) is 15.5 Å². The largest absolute Gasteiger partial charge is 0.368 e. The SMILES string of the molecule is CCCNc1ncc(Br)c(NCC2CCCS2(=O)=O)n1. The zero-order valence-electron chi connectivity index (χ0n) is 11.4. The van der Waals surface area contributed by atoms with Crippen LogP contribution in [0.4, 0.5) is 11.8 Å². The first-order valence-electron chi connectivity index (χ1n) is 6.75. The van der Waals surface area contributed by atoms with E-state index < -0.39 is 9.84 Å². The summed E-state index contributed by atoms with van der Waals surface area (Å²) in [4.78, 5) is 8.50. The number of nitrogens with zero attached hydrogens (tertiary/aromatic N) is 2. The summed E-state index contributed by atoms with van der Waals surface area (Å²) in [5, 5.41) is 5.91. The van der Waals surface area contributed by atoms with Gasteiger partial charge in [-0.2, -0.15) is 4.98 Å². The monoisotopic (exact) mass is 362 g/mol. The van der Waals surface area contributed by atoms with Crippen LogP contribution in [-0.2, 0) is 9.84 Å². The van der Waals surface area contributed by atoms with Gasteiger partial charge in [-0.05, 0) is 35.2 Å². The maximum absolute atomic E-state index is 11.8. The summed E-state index contributed by atoms with van der Waals surface area (Å²) in [5.74, 6) is 1.47. The Balaban J connectivity index is 2.01. The van der Waals surface area contributed by atoms with Gasteiger partial charge in [-0.3, -0.25) is 0 Å². The average Bonchev–Trinajstić information content (AvgIpc) is 2.75. The molecule has 1 unspecified atom stereocenters. The number of sulfone groups is 1. The third kappa shape index (κ3) is 3.82. The highest BCUT2D eigenvalue weighted by Crippen LogP contribution is 2.23. The normalized spacial score (nSPS) is 20.8. The third-order valence-electron chi connectivity index (χ3n) is 3.24. The van der Waals surface area contributed by atoms with E-state index in [9.17, 15) is 8.42 Å². The summed E-state index contributed by atoms with van der Waals surface area (Å²) in [6, 6.07) is 0. The molecule has 8 heteroatoms. The van der Waals surface area contributed by atoms with Crippen LogP contribution < -0.4 is 10.6 Å². The van der Waals surface area contributed by atoms with E-state index in [1.54, 1.807) is 6.20 Å². The van der Waals surface area contributed by atoms with Crippen molar-refractivity contribution in [1.82, 2.24) is 9.97 Å². The van der Waals surface area contributed by atoms with Crippen molar-refractivity contribution in [3.8, 4) is 0 Å². The zero-order chi connectivity index (χ0) is 14.6. The van der Waals surface area contributed by atoms with Crippen LogP contribution in [0.15, 0.2) is 10.7 Å². The lowest BCUT2D eigenvalue weighted by Crippen LogP contribution is -2.25. The van der Waals surface area contributed by atoms with Crippen LogP contribution in [0.1, 0.15) is 26.2 Å². The predicted octanol–water partition coefficient (Wildman–Crippen LogP) is 2.05. The molecule has 1 aliphatic heterocycles. The minimum absolute atomic E-state index is 0.299. The molecule has 1 aliphatic rings. The summed E-state index contributed by atoms with van der Waals surface area (Å²) in [7, 11) is -2.93. The Hall–Kier alpha value is -0.890. The molecule has 0 radical (unpaired) electrons. The van der Waals surface area contributed by atoms with Crippen molar-refractivity contribution in [2.24, 2.45) is 0 Å². The molecule has 20 heavy (non-hydrogen) atoms. The Morgan fingerprint density at radius 3 is 2.90 bits per heavy atom. The van der Waals surface area contributed by atoms with E-state index in [1.807, 2.05) is 0 Å². The molecule has 1 atom stereocenters. The lowest BCUT2D eigenvalue weighted by molar-refractivity contribution is 0.591. The molecule has 0 saturated carbocycles. The second-order valence-corrected chi connectivity index (χ2v) is 8.08. The summed E-state index contributed by atoms with van der Waals surface area (Å²) in [5.41, 5.74) is 0. The Kier molecular flexibility index (Phi) is 5.20. The van der Waals surface area contributed by atoms with Crippen LogP contribution in [0, 0.1) is 0 Å². The first kappa shape index (κ1) is 15.5. The van der Waals surface area contributed by atoms with Crippen molar-refractivity contribution in [3.05, 3.63) is 10.7 Å². The first-order chi connectivity index (χ1) is 9.53. The molecule has 0 bridgehead atoms. The number of aromatic nitrogens is 2. The van der Waals surface area contributed by atoms with Crippen molar-refractivity contribution in [2.75, 3.05) is 29.5 Å². The summed E-state index contributed by atoms with van der Waals surface area (Å²) in [6.45, 7) is 3.26. The Morgan fingerprint density at radius 1 is 1.45 bits per heavy atom. The average molecular weight is 363 g/mol. The molecule has 1 saturated heterocycles. The van der Waals surface area contributed by atoms with Gasteiger partial charge in [0, 0.05) is 19.3 Å². The van der Waals surface area contributed by atoms with E-state index >= 15 is 0 Å². The van der Waals surface area contributed by atoms with Gasteiger partial charge in [0.15, 0.2) is 9.84 Å². The molecule has 2 heterocycles. The molecule has 6 nitrogen and oxygen atoms in total. The van der Waals surface area contributed by atoms with E-state index in [-0.39, 0.29) is 5.25 Å². The summed E-state index contributed by atoms with van der Waals surface area (Å²) < 4.78 is 24.3. The van der Waals surface area contributed by atoms with Crippen LogP contribution in [0.2, 0.25) is 0 Å². The number of hydrogen-bond donors (Lipinski definition) is 2. The summed E-state index contributed by atoms with van der Waals surface area (Å²) in [6.07, 6.45) is 4.13. The Morgan fingerprint density at radius 2 is 2.25 bits per heavy atom. The number of rotatable bonds is 6. The molecule has 2 N–H and O–H groups in total. The van der Waals surface area contributed by atoms with E-state index in [1.165, 1.54) is 0 Å². The Labute approximate surface area is 127 Å². The predicted molar refractivity (Wildman–Crippen MR) is 83.8 cm³/mol. The molecule has 0 aliphatic carbocycles. The van der Waals surface area contributed by atoms with Crippen LogP contribution in [0.3, 0.4) is 0 Å². The maximum atomic E-state index is 11.8. The van der Waals surface area contributed by atoms with E-state index in [0.717, 1.165) is 30.3 Å². The highest BCUT2D eigenvalue weighted by molar-refractivity contribution is 9.10. The minimum atomic E-state index is -2.93. The van der Waals surface area contributed by atoms with Gasteiger partial charge in [0.1, 0.15) is 5.82 Å². The highest BCUT2D eigenvalue weighted by atomic mass is 79.9. The molecule has 0 amide bonds. The molecule has 0 aromatic carbocycles. The number of nitrogens with one attached hydrogen (secondary N) is 2. The van der Waals surface area contributed by atoms with Crippen molar-refractivity contribution in [1.29, 1.82) is 0 Å². The highest BCUT2D eigenvalue weighted by Gasteiger charge is 2.31. The third-order valence-corrected chi connectivity index (χ3v) is 6.09. The van der Waals surface area contributed by atoms with Crippen molar-refractivity contribution in [3.63, 3.8) is 0 Å². The molecule has 0 spiro atoms. The molecule has 112 valence electrons. The fourth-order valence-corrected chi connectivity index (χ4v) is 4.21.